The number of piperazine rings is 1. The summed E-state index contributed by atoms with van der Waals surface area (Å²) in [6.07, 6.45) is 0.761. The van der Waals surface area contributed by atoms with Crippen molar-refractivity contribution in [3.8, 4) is 11.5 Å². The van der Waals surface area contributed by atoms with Crippen LogP contribution in [-0.4, -0.2) is 68.3 Å². The van der Waals surface area contributed by atoms with E-state index in [1.165, 1.54) is 0 Å². The van der Waals surface area contributed by atoms with Crippen molar-refractivity contribution in [2.45, 2.75) is 26.7 Å². The van der Waals surface area contributed by atoms with Crippen LogP contribution < -0.4 is 9.47 Å². The van der Waals surface area contributed by atoms with E-state index < -0.39 is 0 Å². The van der Waals surface area contributed by atoms with E-state index in [1.807, 2.05) is 30.0 Å². The van der Waals surface area contributed by atoms with Crippen LogP contribution in [0.1, 0.15) is 25.8 Å². The van der Waals surface area contributed by atoms with Gasteiger partial charge in [0, 0.05) is 32.6 Å². The van der Waals surface area contributed by atoms with E-state index in [9.17, 15) is 9.59 Å². The van der Waals surface area contributed by atoms with Crippen LogP contribution in [0.15, 0.2) is 18.2 Å². The fourth-order valence-corrected chi connectivity index (χ4v) is 2.90. The molecule has 144 valence electrons. The minimum Gasteiger partial charge on any atom is -0.493 e. The Kier molecular flexibility index (Phi) is 7.56. The molecule has 0 atom stereocenters. The van der Waals surface area contributed by atoms with Crippen LogP contribution in [0, 0.1) is 0 Å². The van der Waals surface area contributed by atoms with Gasteiger partial charge in [0.2, 0.25) is 5.91 Å². The first-order valence-electron chi connectivity index (χ1n) is 9.08. The van der Waals surface area contributed by atoms with Crippen LogP contribution >= 0.6 is 0 Å². The summed E-state index contributed by atoms with van der Waals surface area (Å²) in [6.45, 7) is 6.77. The Bertz CT molecular complexity index is 612. The summed E-state index contributed by atoms with van der Waals surface area (Å²) in [5, 5.41) is 0. The standard InChI is InChI=1S/C19H28N2O5/c1-4-25-16-8-6-15(14-17(16)24-3)7-9-18(22)20-10-12-21(13-11-20)19(23)26-5-2/h6,8,14H,4-5,7,9-13H2,1-3H3. The van der Waals surface area contributed by atoms with Gasteiger partial charge in [0.1, 0.15) is 0 Å². The van der Waals surface area contributed by atoms with E-state index in [0.29, 0.717) is 63.7 Å². The molecule has 1 aromatic carbocycles. The average Bonchev–Trinajstić information content (AvgIpc) is 2.67. The maximum atomic E-state index is 12.4. The van der Waals surface area contributed by atoms with E-state index >= 15 is 0 Å². The summed E-state index contributed by atoms with van der Waals surface area (Å²) in [4.78, 5) is 27.6. The summed E-state index contributed by atoms with van der Waals surface area (Å²) in [5.74, 6) is 1.49. The third-order valence-electron chi connectivity index (χ3n) is 4.31. The number of carbonyl (C=O) groups excluding carboxylic acids is 2. The van der Waals surface area contributed by atoms with Gasteiger partial charge in [-0.05, 0) is 38.0 Å². The van der Waals surface area contributed by atoms with Gasteiger partial charge < -0.3 is 24.0 Å². The molecule has 0 N–H and O–H groups in total. The predicted molar refractivity (Wildman–Crippen MR) is 97.7 cm³/mol. The summed E-state index contributed by atoms with van der Waals surface area (Å²) in [7, 11) is 1.61. The number of ether oxygens (including phenoxy) is 3. The number of rotatable bonds is 7. The lowest BCUT2D eigenvalue weighted by molar-refractivity contribution is -0.132. The average molecular weight is 364 g/mol. The first-order chi connectivity index (χ1) is 12.6. The zero-order valence-corrected chi connectivity index (χ0v) is 15.8. The maximum Gasteiger partial charge on any atom is 0.409 e. The van der Waals surface area contributed by atoms with Gasteiger partial charge in [0.25, 0.3) is 0 Å². The Hall–Kier alpha value is -2.44. The van der Waals surface area contributed by atoms with E-state index in [-0.39, 0.29) is 12.0 Å². The molecule has 26 heavy (non-hydrogen) atoms. The molecule has 1 saturated heterocycles. The Labute approximate surface area is 154 Å². The SMILES string of the molecule is CCOC(=O)N1CCN(C(=O)CCc2ccc(OCC)c(OC)c2)CC1. The van der Waals surface area contributed by atoms with Crippen LogP contribution in [0.2, 0.25) is 0 Å². The molecule has 0 aromatic heterocycles. The third kappa shape index (κ3) is 5.28. The van der Waals surface area contributed by atoms with Crippen molar-refractivity contribution in [1.29, 1.82) is 0 Å². The second-order valence-electron chi connectivity index (χ2n) is 5.98. The Morgan fingerprint density at radius 3 is 2.31 bits per heavy atom. The van der Waals surface area contributed by atoms with E-state index in [0.717, 1.165) is 5.56 Å². The molecule has 7 heteroatoms. The minimum absolute atomic E-state index is 0.0985. The van der Waals surface area contributed by atoms with Gasteiger partial charge in [-0.2, -0.15) is 0 Å². The molecule has 0 aliphatic carbocycles. The normalized spacial score (nSPS) is 14.1. The number of benzene rings is 1. The van der Waals surface area contributed by atoms with E-state index in [2.05, 4.69) is 0 Å². The third-order valence-corrected chi connectivity index (χ3v) is 4.31. The van der Waals surface area contributed by atoms with Gasteiger partial charge in [-0.1, -0.05) is 6.07 Å². The van der Waals surface area contributed by atoms with Gasteiger partial charge >= 0.3 is 6.09 Å². The van der Waals surface area contributed by atoms with E-state index in [4.69, 9.17) is 14.2 Å². The monoisotopic (exact) mass is 364 g/mol. The highest BCUT2D eigenvalue weighted by Crippen LogP contribution is 2.28. The van der Waals surface area contributed by atoms with Crippen molar-refractivity contribution < 1.29 is 23.8 Å². The molecule has 1 heterocycles. The quantitative estimate of drug-likeness (QED) is 0.743. The first-order valence-corrected chi connectivity index (χ1v) is 9.08. The topological polar surface area (TPSA) is 68.3 Å². The number of amides is 2. The molecule has 2 amide bonds. The van der Waals surface area contributed by atoms with Gasteiger partial charge in [0.05, 0.1) is 20.3 Å². The first kappa shape index (κ1) is 19.9. The zero-order chi connectivity index (χ0) is 18.9. The van der Waals surface area contributed by atoms with Gasteiger partial charge in [-0.15, -0.1) is 0 Å². The van der Waals surface area contributed by atoms with Gasteiger partial charge in [-0.3, -0.25) is 4.79 Å². The molecule has 0 unspecified atom stereocenters. The lowest BCUT2D eigenvalue weighted by Crippen LogP contribution is -2.50. The number of aryl methyl sites for hydroxylation is 1. The van der Waals surface area contributed by atoms with Crippen molar-refractivity contribution in [1.82, 2.24) is 9.80 Å². The Balaban J connectivity index is 1.83. The van der Waals surface area contributed by atoms with Crippen LogP contribution in [0.25, 0.3) is 0 Å². The van der Waals surface area contributed by atoms with E-state index in [1.54, 1.807) is 18.9 Å². The molecule has 2 rings (SSSR count). The van der Waals surface area contributed by atoms with Crippen LogP contribution in [0.4, 0.5) is 4.79 Å². The molecule has 0 spiro atoms. The van der Waals surface area contributed by atoms with Crippen molar-refractivity contribution in [3.05, 3.63) is 23.8 Å². The molecule has 1 aromatic rings. The molecule has 0 saturated carbocycles. The number of hydrogen-bond acceptors (Lipinski definition) is 5. The van der Waals surface area contributed by atoms with Crippen molar-refractivity contribution in [2.24, 2.45) is 0 Å². The second-order valence-corrected chi connectivity index (χ2v) is 5.98. The largest absolute Gasteiger partial charge is 0.493 e. The maximum absolute atomic E-state index is 12.4. The number of methoxy groups -OCH3 is 1. The smallest absolute Gasteiger partial charge is 0.409 e. The van der Waals surface area contributed by atoms with Crippen molar-refractivity contribution >= 4 is 12.0 Å². The molecule has 1 aliphatic heterocycles. The second kappa shape index (κ2) is 9.89. The predicted octanol–water partition coefficient (Wildman–Crippen LogP) is 2.33. The molecule has 1 aliphatic rings. The van der Waals surface area contributed by atoms with Crippen LogP contribution in [0.5, 0.6) is 11.5 Å². The fraction of sp³-hybridized carbons (Fsp3) is 0.579. The van der Waals surface area contributed by atoms with Gasteiger partial charge in [0.15, 0.2) is 11.5 Å². The molecule has 7 nitrogen and oxygen atoms in total. The lowest BCUT2D eigenvalue weighted by Gasteiger charge is -2.34. The number of hydrogen-bond donors (Lipinski definition) is 0. The number of nitrogens with zero attached hydrogens (tertiary/aromatic N) is 2. The van der Waals surface area contributed by atoms with Crippen LogP contribution in [-0.2, 0) is 16.0 Å². The molecule has 0 radical (unpaired) electrons. The fourth-order valence-electron chi connectivity index (χ4n) is 2.90. The summed E-state index contributed by atoms with van der Waals surface area (Å²) >= 11 is 0. The summed E-state index contributed by atoms with van der Waals surface area (Å²) in [5.41, 5.74) is 1.03. The molecular formula is C19H28N2O5. The molecule has 1 fully saturated rings. The zero-order valence-electron chi connectivity index (χ0n) is 15.8. The summed E-state index contributed by atoms with van der Waals surface area (Å²) in [6, 6.07) is 5.75. The van der Waals surface area contributed by atoms with Crippen molar-refractivity contribution in [3.63, 3.8) is 0 Å². The highest BCUT2D eigenvalue weighted by molar-refractivity contribution is 5.77. The lowest BCUT2D eigenvalue weighted by atomic mass is 10.1. The Morgan fingerprint density at radius 1 is 1.00 bits per heavy atom. The van der Waals surface area contributed by atoms with Crippen LogP contribution in [0.3, 0.4) is 0 Å². The highest BCUT2D eigenvalue weighted by atomic mass is 16.6. The molecule has 0 bridgehead atoms. The van der Waals surface area contributed by atoms with Gasteiger partial charge in [-0.25, -0.2) is 4.79 Å². The Morgan fingerprint density at radius 2 is 1.69 bits per heavy atom. The summed E-state index contributed by atoms with van der Waals surface area (Å²) < 4.78 is 15.8. The molecular weight excluding hydrogens is 336 g/mol. The number of carbonyl (C=O) groups is 2. The highest BCUT2D eigenvalue weighted by Gasteiger charge is 2.24. The minimum atomic E-state index is -0.305. The van der Waals surface area contributed by atoms with Crippen molar-refractivity contribution in [2.75, 3.05) is 46.5 Å².